The van der Waals surface area contributed by atoms with E-state index in [1.165, 1.54) is 0 Å². The molecule has 30 heavy (non-hydrogen) atoms. The molecule has 8 heteroatoms. The van der Waals surface area contributed by atoms with Gasteiger partial charge in [0.1, 0.15) is 5.52 Å². The Morgan fingerprint density at radius 1 is 1.13 bits per heavy atom. The van der Waals surface area contributed by atoms with Crippen molar-refractivity contribution in [3.05, 3.63) is 52.5 Å². The number of rotatable bonds is 4. The molecule has 0 atom stereocenters. The average molecular weight is 442 g/mol. The van der Waals surface area contributed by atoms with Gasteiger partial charge in [-0.1, -0.05) is 41.1 Å². The Morgan fingerprint density at radius 2 is 1.87 bits per heavy atom. The van der Waals surface area contributed by atoms with Gasteiger partial charge in [-0.25, -0.2) is 4.98 Å². The van der Waals surface area contributed by atoms with Crippen LogP contribution in [0.3, 0.4) is 0 Å². The number of amides is 1. The molecule has 0 radical (unpaired) electrons. The van der Waals surface area contributed by atoms with Crippen LogP contribution in [0.5, 0.6) is 0 Å². The summed E-state index contributed by atoms with van der Waals surface area (Å²) in [5.41, 5.74) is 7.52. The molecule has 2 aromatic carbocycles. The van der Waals surface area contributed by atoms with Crippen LogP contribution in [0.4, 0.5) is 10.8 Å². The molecular formula is C22H24ClN5OS. The van der Waals surface area contributed by atoms with Crippen LogP contribution in [-0.4, -0.2) is 47.7 Å². The van der Waals surface area contributed by atoms with Gasteiger partial charge >= 0.3 is 0 Å². The molecule has 6 nitrogen and oxygen atoms in total. The Balaban J connectivity index is 1.54. The van der Waals surface area contributed by atoms with E-state index in [1.807, 2.05) is 62.1 Å². The lowest BCUT2D eigenvalue weighted by molar-refractivity contribution is 0.0746. The first-order valence-electron chi connectivity index (χ1n) is 9.90. The number of benzene rings is 2. The minimum absolute atomic E-state index is 0.0880. The number of nitrogens with zero attached hydrogens (tertiary/aromatic N) is 4. The van der Waals surface area contributed by atoms with Crippen LogP contribution < -0.4 is 10.3 Å². The first kappa shape index (κ1) is 20.6. The van der Waals surface area contributed by atoms with Gasteiger partial charge in [0.2, 0.25) is 5.13 Å². The third-order valence-electron chi connectivity index (χ3n) is 5.12. The van der Waals surface area contributed by atoms with Crippen molar-refractivity contribution in [2.24, 2.45) is 5.10 Å². The van der Waals surface area contributed by atoms with Crippen molar-refractivity contribution < 1.29 is 4.79 Å². The molecule has 1 saturated heterocycles. The Morgan fingerprint density at radius 3 is 2.57 bits per heavy atom. The first-order chi connectivity index (χ1) is 14.4. The zero-order chi connectivity index (χ0) is 21.3. The molecule has 1 aliphatic heterocycles. The fourth-order valence-electron chi connectivity index (χ4n) is 3.58. The van der Waals surface area contributed by atoms with Crippen LogP contribution >= 0.6 is 22.9 Å². The maximum atomic E-state index is 12.9. The number of anilines is 2. The summed E-state index contributed by atoms with van der Waals surface area (Å²) in [7, 11) is 0. The van der Waals surface area contributed by atoms with Crippen molar-refractivity contribution in [1.29, 1.82) is 0 Å². The van der Waals surface area contributed by atoms with Crippen molar-refractivity contribution in [2.75, 3.05) is 36.5 Å². The number of halogens is 1. The molecule has 2 heterocycles. The number of piperazine rings is 1. The second-order valence-corrected chi connectivity index (χ2v) is 8.96. The highest BCUT2D eigenvalue weighted by molar-refractivity contribution is 7.22. The van der Waals surface area contributed by atoms with Crippen LogP contribution in [-0.2, 0) is 0 Å². The lowest BCUT2D eigenvalue weighted by atomic mass is 10.1. The highest BCUT2D eigenvalue weighted by Crippen LogP contribution is 2.38. The van der Waals surface area contributed by atoms with Gasteiger partial charge in [0.05, 0.1) is 15.4 Å². The summed E-state index contributed by atoms with van der Waals surface area (Å²) in [6, 6.07) is 11.6. The van der Waals surface area contributed by atoms with Crippen LogP contribution in [0.1, 0.15) is 29.8 Å². The van der Waals surface area contributed by atoms with E-state index in [0.717, 1.165) is 37.9 Å². The normalized spacial score (nSPS) is 14.1. The second kappa shape index (κ2) is 8.62. The number of nitrogens with one attached hydrogen (secondary N) is 1. The van der Waals surface area contributed by atoms with Crippen molar-refractivity contribution in [3.63, 3.8) is 0 Å². The molecule has 0 bridgehead atoms. The lowest BCUT2D eigenvalue weighted by Crippen LogP contribution is -2.49. The highest BCUT2D eigenvalue weighted by atomic mass is 35.5. The molecule has 1 N–H and O–H groups in total. The average Bonchev–Trinajstić information content (AvgIpc) is 3.15. The van der Waals surface area contributed by atoms with Gasteiger partial charge in [0, 0.05) is 37.5 Å². The summed E-state index contributed by atoms with van der Waals surface area (Å²) >= 11 is 8.13. The topological polar surface area (TPSA) is 60.8 Å². The van der Waals surface area contributed by atoms with Gasteiger partial charge < -0.3 is 9.80 Å². The number of hydrogen-bond acceptors (Lipinski definition) is 6. The van der Waals surface area contributed by atoms with Crippen LogP contribution in [0, 0.1) is 6.92 Å². The van der Waals surface area contributed by atoms with Crippen LogP contribution in [0.25, 0.3) is 10.2 Å². The molecule has 1 aromatic heterocycles. The number of aromatic nitrogens is 1. The van der Waals surface area contributed by atoms with Gasteiger partial charge in [-0.05, 0) is 44.5 Å². The Labute approximate surface area is 185 Å². The fourth-order valence-corrected chi connectivity index (χ4v) is 4.66. The SMILES string of the molecule is CC(C)=NNc1nc2c(N3CCN(C(=O)c4ccccc4C)CC3)c(Cl)ccc2s1. The van der Waals surface area contributed by atoms with E-state index in [4.69, 9.17) is 16.6 Å². The van der Waals surface area contributed by atoms with Crippen molar-refractivity contribution in [3.8, 4) is 0 Å². The minimum Gasteiger partial charge on any atom is -0.365 e. The van der Waals surface area contributed by atoms with E-state index >= 15 is 0 Å². The standard InChI is InChI=1S/C22H24ClN5OS/c1-14(2)25-26-22-24-19-18(30-22)9-8-17(23)20(19)27-10-12-28(13-11-27)21(29)16-7-5-4-6-15(16)3/h4-9H,10-13H2,1-3H3,(H,24,26). The van der Waals surface area contributed by atoms with E-state index in [1.54, 1.807) is 11.3 Å². The van der Waals surface area contributed by atoms with E-state index in [0.29, 0.717) is 31.2 Å². The predicted octanol–water partition coefficient (Wildman–Crippen LogP) is 5.03. The number of hydrazone groups is 1. The van der Waals surface area contributed by atoms with E-state index in [2.05, 4.69) is 15.4 Å². The minimum atomic E-state index is 0.0880. The molecule has 4 rings (SSSR count). The summed E-state index contributed by atoms with van der Waals surface area (Å²) < 4.78 is 1.05. The molecular weight excluding hydrogens is 418 g/mol. The third kappa shape index (κ3) is 4.13. The smallest absolute Gasteiger partial charge is 0.254 e. The van der Waals surface area contributed by atoms with Gasteiger partial charge in [0.15, 0.2) is 0 Å². The van der Waals surface area contributed by atoms with Gasteiger partial charge in [0.25, 0.3) is 5.91 Å². The molecule has 1 aliphatic rings. The maximum absolute atomic E-state index is 12.9. The van der Waals surface area contributed by atoms with Crippen molar-refractivity contribution in [2.45, 2.75) is 20.8 Å². The summed E-state index contributed by atoms with van der Waals surface area (Å²) in [4.78, 5) is 21.8. The fraction of sp³-hybridized carbons (Fsp3) is 0.318. The third-order valence-corrected chi connectivity index (χ3v) is 6.35. The number of hydrogen-bond donors (Lipinski definition) is 1. The molecule has 1 amide bonds. The number of carbonyl (C=O) groups is 1. The van der Waals surface area contributed by atoms with Crippen molar-refractivity contribution in [1.82, 2.24) is 9.88 Å². The number of aryl methyl sites for hydroxylation is 1. The molecule has 1 fully saturated rings. The largest absolute Gasteiger partial charge is 0.365 e. The summed E-state index contributed by atoms with van der Waals surface area (Å²) in [6.45, 7) is 8.55. The van der Waals surface area contributed by atoms with E-state index in [9.17, 15) is 4.79 Å². The zero-order valence-corrected chi connectivity index (χ0v) is 18.8. The van der Waals surface area contributed by atoms with Crippen LogP contribution in [0.15, 0.2) is 41.5 Å². The predicted molar refractivity (Wildman–Crippen MR) is 126 cm³/mol. The van der Waals surface area contributed by atoms with Crippen LogP contribution in [0.2, 0.25) is 5.02 Å². The molecule has 3 aromatic rings. The van der Waals surface area contributed by atoms with Gasteiger partial charge in [-0.15, -0.1) is 0 Å². The summed E-state index contributed by atoms with van der Waals surface area (Å²) in [6.07, 6.45) is 0. The molecule has 0 saturated carbocycles. The van der Waals surface area contributed by atoms with Gasteiger partial charge in [-0.3, -0.25) is 10.2 Å². The summed E-state index contributed by atoms with van der Waals surface area (Å²) in [5.74, 6) is 0.0880. The second-order valence-electron chi connectivity index (χ2n) is 7.53. The quantitative estimate of drug-likeness (QED) is 0.455. The number of thiazole rings is 1. The summed E-state index contributed by atoms with van der Waals surface area (Å²) in [5, 5.41) is 5.66. The molecule has 0 aliphatic carbocycles. The Kier molecular flexibility index (Phi) is 5.92. The lowest BCUT2D eigenvalue weighted by Gasteiger charge is -2.36. The molecule has 0 unspecified atom stereocenters. The number of fused-ring (bicyclic) bond motifs is 1. The Hall–Kier alpha value is -2.64. The Bertz CT molecular complexity index is 1110. The first-order valence-corrected chi connectivity index (χ1v) is 11.1. The van der Waals surface area contributed by atoms with E-state index < -0.39 is 0 Å². The zero-order valence-electron chi connectivity index (χ0n) is 17.3. The van der Waals surface area contributed by atoms with E-state index in [-0.39, 0.29) is 5.91 Å². The molecule has 156 valence electrons. The monoisotopic (exact) mass is 441 g/mol. The molecule has 0 spiro atoms. The van der Waals surface area contributed by atoms with Gasteiger partial charge in [-0.2, -0.15) is 5.10 Å². The highest BCUT2D eigenvalue weighted by Gasteiger charge is 2.26. The maximum Gasteiger partial charge on any atom is 0.254 e. The van der Waals surface area contributed by atoms with Crippen molar-refractivity contribution >= 4 is 55.6 Å². The number of carbonyl (C=O) groups excluding carboxylic acids is 1.